The first-order chi connectivity index (χ1) is 8.40. The minimum Gasteiger partial charge on any atom is -0.352 e. The molecule has 0 saturated heterocycles. The number of halogens is 1. The van der Waals surface area contributed by atoms with Crippen LogP contribution in [0, 0.1) is 0 Å². The minimum absolute atomic E-state index is 0.0265. The Balaban J connectivity index is 2.61. The van der Waals surface area contributed by atoms with Crippen LogP contribution in [0.3, 0.4) is 0 Å². The van der Waals surface area contributed by atoms with E-state index in [0.29, 0.717) is 0 Å². The molecule has 1 N–H and O–H groups in total. The number of likely N-dealkylation sites (N-methyl/N-ethyl adjacent to an activating group) is 1. The third kappa shape index (κ3) is 4.29. The van der Waals surface area contributed by atoms with Crippen LogP contribution in [0.1, 0.15) is 24.3 Å². The van der Waals surface area contributed by atoms with E-state index in [4.69, 9.17) is 11.6 Å². The second-order valence-electron chi connectivity index (χ2n) is 4.12. The number of carbonyl (C=O) groups excluding carboxylic acids is 2. The highest BCUT2D eigenvalue weighted by molar-refractivity contribution is 6.29. The largest absolute Gasteiger partial charge is 0.352 e. The van der Waals surface area contributed by atoms with Crippen LogP contribution in [0.5, 0.6) is 0 Å². The zero-order valence-corrected chi connectivity index (χ0v) is 11.2. The van der Waals surface area contributed by atoms with Crippen LogP contribution in [0.25, 0.3) is 0 Å². The van der Waals surface area contributed by atoms with E-state index < -0.39 is 0 Å². The zero-order valence-electron chi connectivity index (χ0n) is 10.5. The van der Waals surface area contributed by atoms with Crippen LogP contribution in [0.4, 0.5) is 0 Å². The van der Waals surface area contributed by atoms with Gasteiger partial charge in [-0.15, -0.1) is 10.2 Å². The summed E-state index contributed by atoms with van der Waals surface area (Å²) in [6.07, 6.45) is 0. The van der Waals surface area contributed by atoms with Crippen LogP contribution < -0.4 is 5.32 Å². The predicted octanol–water partition coefficient (Wildman–Crippen LogP) is 0.727. The molecule has 0 aliphatic heterocycles. The molecule has 0 aliphatic rings. The summed E-state index contributed by atoms with van der Waals surface area (Å²) in [4.78, 5) is 24.6. The van der Waals surface area contributed by atoms with Gasteiger partial charge in [-0.3, -0.25) is 9.59 Å². The molecule has 6 nitrogen and oxygen atoms in total. The Kier molecular flexibility index (Phi) is 5.03. The predicted molar refractivity (Wildman–Crippen MR) is 67.3 cm³/mol. The Morgan fingerprint density at radius 1 is 1.39 bits per heavy atom. The third-order valence-electron chi connectivity index (χ3n) is 2.03. The van der Waals surface area contributed by atoms with Crippen molar-refractivity contribution in [2.24, 2.45) is 0 Å². The average molecular weight is 271 g/mol. The van der Waals surface area contributed by atoms with Gasteiger partial charge in [0, 0.05) is 13.1 Å². The van der Waals surface area contributed by atoms with E-state index in [2.05, 4.69) is 15.5 Å². The highest BCUT2D eigenvalue weighted by atomic mass is 35.5. The first-order valence-electron chi connectivity index (χ1n) is 5.44. The molecule has 0 unspecified atom stereocenters. The van der Waals surface area contributed by atoms with E-state index in [9.17, 15) is 9.59 Å². The first-order valence-corrected chi connectivity index (χ1v) is 5.82. The lowest BCUT2D eigenvalue weighted by Gasteiger charge is -2.17. The summed E-state index contributed by atoms with van der Waals surface area (Å²) >= 11 is 5.57. The van der Waals surface area contributed by atoms with Crippen molar-refractivity contribution >= 4 is 23.4 Å². The Morgan fingerprint density at radius 3 is 2.56 bits per heavy atom. The Morgan fingerprint density at radius 2 is 2.06 bits per heavy atom. The van der Waals surface area contributed by atoms with Gasteiger partial charge in [0.15, 0.2) is 10.8 Å². The summed E-state index contributed by atoms with van der Waals surface area (Å²) in [6, 6.07) is 2.98. The maximum absolute atomic E-state index is 11.9. The topological polar surface area (TPSA) is 75.2 Å². The number of hydrogen-bond acceptors (Lipinski definition) is 4. The molecule has 1 aromatic rings. The van der Waals surface area contributed by atoms with Gasteiger partial charge in [-0.2, -0.15) is 0 Å². The highest BCUT2D eigenvalue weighted by Gasteiger charge is 2.16. The molecule has 0 fully saturated rings. The normalized spacial score (nSPS) is 10.3. The van der Waals surface area contributed by atoms with Gasteiger partial charge >= 0.3 is 0 Å². The lowest BCUT2D eigenvalue weighted by molar-refractivity contribution is -0.122. The molecular formula is C11H15ClN4O2. The Bertz CT molecular complexity index is 433. The molecule has 0 aromatic carbocycles. The number of hydrogen-bond donors (Lipinski definition) is 1. The SMILES string of the molecule is CC(C)NC(=O)CN(C)C(=O)c1ccc(Cl)nn1. The van der Waals surface area contributed by atoms with E-state index >= 15 is 0 Å². The van der Waals surface area contributed by atoms with Crippen molar-refractivity contribution in [2.75, 3.05) is 13.6 Å². The number of carbonyl (C=O) groups is 2. The Hall–Kier alpha value is -1.69. The molecule has 18 heavy (non-hydrogen) atoms. The van der Waals surface area contributed by atoms with Crippen molar-refractivity contribution in [1.82, 2.24) is 20.4 Å². The number of nitrogens with zero attached hydrogens (tertiary/aromatic N) is 3. The quantitative estimate of drug-likeness (QED) is 0.875. The molecule has 0 radical (unpaired) electrons. The summed E-state index contributed by atoms with van der Waals surface area (Å²) in [5.74, 6) is -0.596. The van der Waals surface area contributed by atoms with Gasteiger partial charge in [0.25, 0.3) is 5.91 Å². The molecule has 98 valence electrons. The lowest BCUT2D eigenvalue weighted by Crippen LogP contribution is -2.41. The molecule has 1 heterocycles. The molecular weight excluding hydrogens is 256 g/mol. The van der Waals surface area contributed by atoms with Crippen molar-refractivity contribution < 1.29 is 9.59 Å². The van der Waals surface area contributed by atoms with E-state index in [1.54, 1.807) is 0 Å². The summed E-state index contributed by atoms with van der Waals surface area (Å²) in [6.45, 7) is 3.68. The van der Waals surface area contributed by atoms with Gasteiger partial charge in [0.2, 0.25) is 5.91 Å². The molecule has 0 spiro atoms. The summed E-state index contributed by atoms with van der Waals surface area (Å²) in [5, 5.41) is 10.2. The first kappa shape index (κ1) is 14.4. The second-order valence-corrected chi connectivity index (χ2v) is 4.51. The van der Waals surface area contributed by atoms with Crippen molar-refractivity contribution in [2.45, 2.75) is 19.9 Å². The van der Waals surface area contributed by atoms with Crippen molar-refractivity contribution in [3.63, 3.8) is 0 Å². The smallest absolute Gasteiger partial charge is 0.274 e. The number of amides is 2. The van der Waals surface area contributed by atoms with Gasteiger partial charge in [0.1, 0.15) is 0 Å². The fourth-order valence-electron chi connectivity index (χ4n) is 1.28. The fraction of sp³-hybridized carbons (Fsp3) is 0.455. The molecule has 0 aliphatic carbocycles. The van der Waals surface area contributed by atoms with Crippen molar-refractivity contribution in [3.05, 3.63) is 23.0 Å². The van der Waals surface area contributed by atoms with Gasteiger partial charge in [-0.1, -0.05) is 11.6 Å². The summed E-state index contributed by atoms with van der Waals surface area (Å²) < 4.78 is 0. The third-order valence-corrected chi connectivity index (χ3v) is 2.23. The van der Waals surface area contributed by atoms with E-state index in [1.807, 2.05) is 13.8 Å². The molecule has 0 bridgehead atoms. The lowest BCUT2D eigenvalue weighted by atomic mass is 10.3. The molecule has 0 atom stereocenters. The zero-order chi connectivity index (χ0) is 13.7. The van der Waals surface area contributed by atoms with Crippen LogP contribution >= 0.6 is 11.6 Å². The molecule has 2 amide bonds. The van der Waals surface area contributed by atoms with Crippen LogP contribution in [0.15, 0.2) is 12.1 Å². The fourth-order valence-corrected chi connectivity index (χ4v) is 1.38. The number of aromatic nitrogens is 2. The summed E-state index contributed by atoms with van der Waals surface area (Å²) in [7, 11) is 1.53. The van der Waals surface area contributed by atoms with Gasteiger partial charge in [-0.25, -0.2) is 0 Å². The number of nitrogens with one attached hydrogen (secondary N) is 1. The average Bonchev–Trinajstić information content (AvgIpc) is 2.27. The van der Waals surface area contributed by atoms with Crippen LogP contribution in [-0.2, 0) is 4.79 Å². The maximum atomic E-state index is 11.9. The van der Waals surface area contributed by atoms with Gasteiger partial charge in [0.05, 0.1) is 6.54 Å². The van der Waals surface area contributed by atoms with E-state index in [0.717, 1.165) is 0 Å². The highest BCUT2D eigenvalue weighted by Crippen LogP contribution is 2.04. The van der Waals surface area contributed by atoms with Crippen molar-refractivity contribution in [3.8, 4) is 0 Å². The maximum Gasteiger partial charge on any atom is 0.274 e. The molecule has 1 rings (SSSR count). The van der Waals surface area contributed by atoms with E-state index in [-0.39, 0.29) is 35.2 Å². The van der Waals surface area contributed by atoms with Crippen molar-refractivity contribution in [1.29, 1.82) is 0 Å². The second kappa shape index (κ2) is 6.30. The van der Waals surface area contributed by atoms with Crippen LogP contribution in [0.2, 0.25) is 5.15 Å². The van der Waals surface area contributed by atoms with Crippen LogP contribution in [-0.4, -0.2) is 46.5 Å². The van der Waals surface area contributed by atoms with E-state index in [1.165, 1.54) is 24.1 Å². The summed E-state index contributed by atoms with van der Waals surface area (Å²) in [5.41, 5.74) is 0.152. The molecule has 1 aromatic heterocycles. The number of rotatable bonds is 4. The molecule has 7 heteroatoms. The van der Waals surface area contributed by atoms with Gasteiger partial charge in [-0.05, 0) is 26.0 Å². The monoisotopic (exact) mass is 270 g/mol. The van der Waals surface area contributed by atoms with Gasteiger partial charge < -0.3 is 10.2 Å². The minimum atomic E-state index is -0.377. The molecule has 0 saturated carbocycles. The Labute approximate surface area is 110 Å². The standard InChI is InChI=1S/C11H15ClN4O2/c1-7(2)13-10(17)6-16(3)11(18)8-4-5-9(12)15-14-8/h4-5,7H,6H2,1-3H3,(H,13,17).